The van der Waals surface area contributed by atoms with Crippen LogP contribution in [0.3, 0.4) is 0 Å². The molecule has 0 saturated heterocycles. The molecule has 0 unspecified atom stereocenters. The molecular weight excluding hydrogens is 367 g/mol. The largest absolute Gasteiger partial charge is 0.478 e. The zero-order chi connectivity index (χ0) is 19.6. The first-order valence-electron chi connectivity index (χ1n) is 9.64. The lowest BCUT2D eigenvalue weighted by Crippen LogP contribution is -2.36. The van der Waals surface area contributed by atoms with Gasteiger partial charge >= 0.3 is 12.1 Å². The van der Waals surface area contributed by atoms with Crippen LogP contribution in [-0.2, 0) is 6.18 Å². The Morgan fingerprint density at radius 1 is 1.04 bits per heavy atom. The van der Waals surface area contributed by atoms with E-state index in [0.29, 0.717) is 11.8 Å². The zero-order valence-corrected chi connectivity index (χ0v) is 15.0. The summed E-state index contributed by atoms with van der Waals surface area (Å²) < 4.78 is 41.0. The van der Waals surface area contributed by atoms with Gasteiger partial charge in [0.15, 0.2) is 0 Å². The Morgan fingerprint density at radius 2 is 1.75 bits per heavy atom. The van der Waals surface area contributed by atoms with Crippen molar-refractivity contribution >= 4 is 11.7 Å². The maximum Gasteiger partial charge on any atom is 0.418 e. The molecule has 6 heteroatoms. The summed E-state index contributed by atoms with van der Waals surface area (Å²) in [6.07, 6.45) is -1.16. The van der Waals surface area contributed by atoms with Crippen molar-refractivity contribution in [1.82, 2.24) is 0 Å². The number of carboxylic acids is 1. The molecule has 28 heavy (non-hydrogen) atoms. The smallest absolute Gasteiger partial charge is 0.418 e. The molecule has 1 heterocycles. The van der Waals surface area contributed by atoms with Crippen molar-refractivity contribution in [2.75, 3.05) is 5.32 Å². The monoisotopic (exact) mass is 387 g/mol. The molecule has 146 valence electrons. The number of rotatable bonds is 2. The lowest BCUT2D eigenvalue weighted by molar-refractivity contribution is -0.137. The number of nitrogens with one attached hydrogen (secondary N) is 1. The number of benzene rings is 2. The van der Waals surface area contributed by atoms with E-state index in [1.807, 2.05) is 6.07 Å². The standard InChI is InChI=1S/C22H20F3NO2/c23-22(24,25)16-3-1-2-15-17-13-8-9-14(10-13)18(17)19(26-20(15)16)11-4-6-12(7-5-11)21(27)28/h1-7,13-14,17-19,26H,8-10H2,(H,27,28)/t13-,14-,17+,18+,19-/m0/s1. The van der Waals surface area contributed by atoms with Gasteiger partial charge in [0.1, 0.15) is 0 Å². The minimum Gasteiger partial charge on any atom is -0.478 e. The van der Waals surface area contributed by atoms with E-state index >= 15 is 0 Å². The summed E-state index contributed by atoms with van der Waals surface area (Å²) in [5.74, 6) is 0.284. The van der Waals surface area contributed by atoms with Gasteiger partial charge in [-0.2, -0.15) is 13.2 Å². The van der Waals surface area contributed by atoms with Gasteiger partial charge in [-0.3, -0.25) is 0 Å². The fourth-order valence-corrected chi connectivity index (χ4v) is 5.91. The van der Waals surface area contributed by atoms with Gasteiger partial charge in [-0.15, -0.1) is 0 Å². The lowest BCUT2D eigenvalue weighted by atomic mass is 9.67. The highest BCUT2D eigenvalue weighted by Gasteiger charge is 2.54. The van der Waals surface area contributed by atoms with Crippen LogP contribution in [0, 0.1) is 17.8 Å². The topological polar surface area (TPSA) is 49.3 Å². The molecule has 0 aromatic heterocycles. The summed E-state index contributed by atoms with van der Waals surface area (Å²) >= 11 is 0. The van der Waals surface area contributed by atoms with Gasteiger partial charge in [0.25, 0.3) is 0 Å². The number of anilines is 1. The second-order valence-corrected chi connectivity index (χ2v) is 8.25. The molecular formula is C22H20F3NO2. The van der Waals surface area contributed by atoms with Gasteiger partial charge in [-0.05, 0) is 72.3 Å². The molecule has 0 spiro atoms. The summed E-state index contributed by atoms with van der Waals surface area (Å²) in [5, 5.41) is 12.4. The number of carbonyl (C=O) groups is 1. The third-order valence-corrected chi connectivity index (χ3v) is 6.94. The number of hydrogen-bond donors (Lipinski definition) is 2. The number of para-hydroxylation sites is 1. The Bertz CT molecular complexity index is 938. The van der Waals surface area contributed by atoms with Crippen LogP contribution in [-0.4, -0.2) is 11.1 Å². The predicted molar refractivity (Wildman–Crippen MR) is 98.3 cm³/mol. The number of fused-ring (bicyclic) bond motifs is 7. The summed E-state index contributed by atoms with van der Waals surface area (Å²) in [6, 6.07) is 10.8. The van der Waals surface area contributed by atoms with Crippen molar-refractivity contribution in [3.05, 3.63) is 64.7 Å². The van der Waals surface area contributed by atoms with Crippen LogP contribution in [0.25, 0.3) is 0 Å². The van der Waals surface area contributed by atoms with E-state index in [9.17, 15) is 18.0 Å². The maximum atomic E-state index is 13.7. The van der Waals surface area contributed by atoms with Crippen molar-refractivity contribution in [2.45, 2.75) is 37.4 Å². The van der Waals surface area contributed by atoms with E-state index in [1.54, 1.807) is 12.1 Å². The first-order chi connectivity index (χ1) is 13.3. The highest BCUT2D eigenvalue weighted by atomic mass is 19.4. The van der Waals surface area contributed by atoms with Crippen LogP contribution in [0.2, 0.25) is 0 Å². The van der Waals surface area contributed by atoms with Crippen LogP contribution in [0.5, 0.6) is 0 Å². The first kappa shape index (κ1) is 17.6. The Morgan fingerprint density at radius 3 is 2.43 bits per heavy atom. The molecule has 0 radical (unpaired) electrons. The van der Waals surface area contributed by atoms with E-state index < -0.39 is 17.7 Å². The minimum atomic E-state index is -4.42. The quantitative estimate of drug-likeness (QED) is 0.695. The molecule has 1 aliphatic heterocycles. The van der Waals surface area contributed by atoms with Crippen LogP contribution >= 0.6 is 0 Å². The number of alkyl halides is 3. The van der Waals surface area contributed by atoms with Crippen molar-refractivity contribution < 1.29 is 23.1 Å². The number of halogens is 3. The van der Waals surface area contributed by atoms with E-state index in [-0.39, 0.29) is 29.1 Å². The van der Waals surface area contributed by atoms with Gasteiger partial charge in [0.05, 0.1) is 22.9 Å². The van der Waals surface area contributed by atoms with E-state index in [0.717, 1.165) is 36.5 Å². The molecule has 2 aromatic carbocycles. The number of carboxylic acid groups (broad SMARTS) is 1. The van der Waals surface area contributed by atoms with Crippen molar-refractivity contribution in [2.24, 2.45) is 17.8 Å². The molecule has 2 bridgehead atoms. The average molecular weight is 387 g/mol. The summed E-state index contributed by atoms with van der Waals surface area (Å²) in [7, 11) is 0. The fourth-order valence-electron chi connectivity index (χ4n) is 5.91. The van der Waals surface area contributed by atoms with Gasteiger partial charge in [-0.1, -0.05) is 24.3 Å². The summed E-state index contributed by atoms with van der Waals surface area (Å²) in [4.78, 5) is 11.2. The van der Waals surface area contributed by atoms with Crippen molar-refractivity contribution in [3.63, 3.8) is 0 Å². The number of hydrogen-bond acceptors (Lipinski definition) is 2. The van der Waals surface area contributed by atoms with E-state index in [1.165, 1.54) is 18.2 Å². The molecule has 2 fully saturated rings. The van der Waals surface area contributed by atoms with E-state index in [4.69, 9.17) is 5.11 Å². The predicted octanol–water partition coefficient (Wildman–Crippen LogP) is 5.70. The highest BCUT2D eigenvalue weighted by Crippen LogP contribution is 2.64. The summed E-state index contributed by atoms with van der Waals surface area (Å²) in [5.41, 5.74) is 1.43. The second kappa shape index (κ2) is 6.00. The van der Waals surface area contributed by atoms with Crippen LogP contribution in [0.15, 0.2) is 42.5 Å². The van der Waals surface area contributed by atoms with Crippen LogP contribution in [0.4, 0.5) is 18.9 Å². The van der Waals surface area contributed by atoms with Crippen molar-refractivity contribution in [1.29, 1.82) is 0 Å². The second-order valence-electron chi connectivity index (χ2n) is 8.25. The van der Waals surface area contributed by atoms with Gasteiger partial charge in [0.2, 0.25) is 0 Å². The third-order valence-electron chi connectivity index (χ3n) is 6.94. The fraction of sp³-hybridized carbons (Fsp3) is 0.409. The highest BCUT2D eigenvalue weighted by molar-refractivity contribution is 5.87. The molecule has 3 aliphatic rings. The average Bonchev–Trinajstić information content (AvgIpc) is 3.28. The first-order valence-corrected chi connectivity index (χ1v) is 9.64. The van der Waals surface area contributed by atoms with Crippen molar-refractivity contribution in [3.8, 4) is 0 Å². The molecule has 3 nitrogen and oxygen atoms in total. The molecule has 2 N–H and O–H groups in total. The van der Waals surface area contributed by atoms with E-state index in [2.05, 4.69) is 5.32 Å². The normalized spacial score (nSPS) is 30.5. The Hall–Kier alpha value is -2.50. The molecule has 2 saturated carbocycles. The lowest BCUT2D eigenvalue weighted by Gasteiger charge is -2.44. The Kier molecular flexibility index (Phi) is 3.77. The summed E-state index contributed by atoms with van der Waals surface area (Å²) in [6.45, 7) is 0. The van der Waals surface area contributed by atoms with Crippen LogP contribution in [0.1, 0.15) is 58.3 Å². The molecule has 5 atom stereocenters. The number of aromatic carboxylic acids is 1. The molecule has 5 rings (SSSR count). The van der Waals surface area contributed by atoms with Crippen LogP contribution < -0.4 is 5.32 Å². The molecule has 0 amide bonds. The SMILES string of the molecule is O=C(O)c1ccc([C@@H]2Nc3c(cccc3C(F)(F)F)[C@H]3[C@H]4CC[C@@H](C4)[C@H]32)cc1. The molecule has 2 aromatic rings. The Balaban J connectivity index is 1.63. The minimum absolute atomic E-state index is 0.126. The Labute approximate surface area is 160 Å². The zero-order valence-electron chi connectivity index (χ0n) is 15.0. The van der Waals surface area contributed by atoms with Gasteiger partial charge in [-0.25, -0.2) is 4.79 Å². The molecule has 2 aliphatic carbocycles. The van der Waals surface area contributed by atoms with Gasteiger partial charge < -0.3 is 10.4 Å². The maximum absolute atomic E-state index is 13.7. The third kappa shape index (κ3) is 2.54. The van der Waals surface area contributed by atoms with Gasteiger partial charge in [0, 0.05) is 0 Å².